The largest absolute Gasteiger partial charge is 0.469 e. The second-order valence-corrected chi connectivity index (χ2v) is 4.97. The highest BCUT2D eigenvalue weighted by molar-refractivity contribution is 7.80. The smallest absolute Gasteiger partial charge is 0.307 e. The molecule has 5 nitrogen and oxygen atoms in total. The van der Waals surface area contributed by atoms with E-state index in [4.69, 9.17) is 22.7 Å². The van der Waals surface area contributed by atoms with Crippen LogP contribution in [0.3, 0.4) is 0 Å². The summed E-state index contributed by atoms with van der Waals surface area (Å²) < 4.78 is 4.71. The first-order valence-corrected chi connectivity index (χ1v) is 6.23. The van der Waals surface area contributed by atoms with Crippen LogP contribution in [0.25, 0.3) is 0 Å². The zero-order valence-electron chi connectivity index (χ0n) is 10.7. The Labute approximate surface area is 108 Å². The molecule has 0 radical (unpaired) electrons. The number of nitrogens with zero attached hydrogens (tertiary/aromatic N) is 2. The quantitative estimate of drug-likeness (QED) is 0.577. The van der Waals surface area contributed by atoms with Gasteiger partial charge in [0.25, 0.3) is 0 Å². The Morgan fingerprint density at radius 2 is 2.18 bits per heavy atom. The van der Waals surface area contributed by atoms with Crippen LogP contribution in [0.15, 0.2) is 0 Å². The molecule has 98 valence electrons. The third kappa shape index (κ3) is 3.81. The Morgan fingerprint density at radius 1 is 1.53 bits per heavy atom. The predicted molar refractivity (Wildman–Crippen MR) is 70.6 cm³/mol. The lowest BCUT2D eigenvalue weighted by atomic mass is 10.1. The number of piperazine rings is 1. The Morgan fingerprint density at radius 3 is 2.65 bits per heavy atom. The average Bonchev–Trinajstić information content (AvgIpc) is 2.28. The number of hydrogen-bond donors (Lipinski definition) is 1. The van der Waals surface area contributed by atoms with Crippen LogP contribution in [0.4, 0.5) is 0 Å². The second-order valence-electron chi connectivity index (χ2n) is 4.55. The fourth-order valence-electron chi connectivity index (χ4n) is 2.09. The molecule has 1 saturated heterocycles. The van der Waals surface area contributed by atoms with Gasteiger partial charge in [0, 0.05) is 25.7 Å². The lowest BCUT2D eigenvalue weighted by Gasteiger charge is -2.43. The molecule has 1 aliphatic rings. The summed E-state index contributed by atoms with van der Waals surface area (Å²) in [7, 11) is 1.40. The van der Waals surface area contributed by atoms with Crippen molar-refractivity contribution < 1.29 is 9.53 Å². The van der Waals surface area contributed by atoms with Crippen molar-refractivity contribution in [2.45, 2.75) is 32.4 Å². The summed E-state index contributed by atoms with van der Waals surface area (Å²) in [4.78, 5) is 15.6. The molecule has 0 aliphatic carbocycles. The Kier molecular flexibility index (Phi) is 5.14. The van der Waals surface area contributed by atoms with E-state index in [0.29, 0.717) is 17.6 Å². The summed E-state index contributed by atoms with van der Waals surface area (Å²) in [5.74, 6) is -0.221. The Balaban J connectivity index is 2.69. The van der Waals surface area contributed by atoms with Gasteiger partial charge in [-0.25, -0.2) is 0 Å². The minimum Gasteiger partial charge on any atom is -0.469 e. The molecule has 2 N–H and O–H groups in total. The summed E-state index contributed by atoms with van der Waals surface area (Å²) in [6.45, 7) is 6.78. The lowest BCUT2D eigenvalue weighted by Crippen LogP contribution is -2.58. The SMILES string of the molecule is COC(=O)CC1CN(C(C)C)CCN1C(N)=S. The van der Waals surface area contributed by atoms with Crippen molar-refractivity contribution in [1.29, 1.82) is 0 Å². The maximum absolute atomic E-state index is 11.4. The van der Waals surface area contributed by atoms with E-state index < -0.39 is 0 Å². The number of esters is 1. The van der Waals surface area contributed by atoms with Crippen LogP contribution in [0.5, 0.6) is 0 Å². The van der Waals surface area contributed by atoms with Crippen molar-refractivity contribution in [2.75, 3.05) is 26.7 Å². The van der Waals surface area contributed by atoms with Gasteiger partial charge < -0.3 is 15.4 Å². The first-order valence-electron chi connectivity index (χ1n) is 5.82. The van der Waals surface area contributed by atoms with Gasteiger partial charge in [0.2, 0.25) is 0 Å². The molecule has 0 bridgehead atoms. The second kappa shape index (κ2) is 6.16. The number of hydrogen-bond acceptors (Lipinski definition) is 4. The minimum atomic E-state index is -0.221. The highest BCUT2D eigenvalue weighted by Gasteiger charge is 2.30. The van der Waals surface area contributed by atoms with Crippen molar-refractivity contribution in [1.82, 2.24) is 9.80 Å². The Bertz CT molecular complexity index is 296. The number of nitrogens with two attached hydrogens (primary N) is 1. The standard InChI is InChI=1S/C11H21N3O2S/c1-8(2)13-4-5-14(11(12)17)9(7-13)6-10(15)16-3/h8-9H,4-7H2,1-3H3,(H2,12,17). The number of methoxy groups -OCH3 is 1. The zero-order chi connectivity index (χ0) is 13.0. The van der Waals surface area contributed by atoms with Crippen LogP contribution in [0, 0.1) is 0 Å². The topological polar surface area (TPSA) is 58.8 Å². The Hall–Kier alpha value is -0.880. The molecule has 1 atom stereocenters. The number of carbonyl (C=O) groups excluding carboxylic acids is 1. The van der Waals surface area contributed by atoms with Gasteiger partial charge in [-0.1, -0.05) is 0 Å². The van der Waals surface area contributed by atoms with Crippen LogP contribution in [0.1, 0.15) is 20.3 Å². The van der Waals surface area contributed by atoms with E-state index in [1.54, 1.807) is 0 Å². The summed E-state index contributed by atoms with van der Waals surface area (Å²) in [5.41, 5.74) is 5.68. The van der Waals surface area contributed by atoms with Crippen molar-refractivity contribution in [3.05, 3.63) is 0 Å². The molecule has 0 amide bonds. The molecule has 0 aromatic heterocycles. The maximum Gasteiger partial charge on any atom is 0.307 e. The molecule has 0 saturated carbocycles. The van der Waals surface area contributed by atoms with Crippen LogP contribution in [-0.4, -0.2) is 59.7 Å². The fraction of sp³-hybridized carbons (Fsp3) is 0.818. The summed E-state index contributed by atoms with van der Waals surface area (Å²) >= 11 is 5.02. The molecule has 1 aliphatic heterocycles. The average molecular weight is 259 g/mol. The first-order chi connectivity index (χ1) is 7.95. The molecule has 0 aromatic carbocycles. The number of ether oxygens (including phenoxy) is 1. The summed E-state index contributed by atoms with van der Waals surface area (Å²) in [5, 5.41) is 0.363. The van der Waals surface area contributed by atoms with Gasteiger partial charge in [0.15, 0.2) is 5.11 Å². The monoisotopic (exact) mass is 259 g/mol. The van der Waals surface area contributed by atoms with Crippen molar-refractivity contribution in [2.24, 2.45) is 5.73 Å². The van der Waals surface area contributed by atoms with Crippen LogP contribution in [0.2, 0.25) is 0 Å². The van der Waals surface area contributed by atoms with Crippen LogP contribution >= 0.6 is 12.2 Å². The summed E-state index contributed by atoms with van der Waals surface area (Å²) in [6, 6.07) is 0.486. The molecule has 17 heavy (non-hydrogen) atoms. The molecule has 0 aromatic rings. The lowest BCUT2D eigenvalue weighted by molar-refractivity contribution is -0.142. The van der Waals surface area contributed by atoms with E-state index in [9.17, 15) is 4.79 Å². The molecular weight excluding hydrogens is 238 g/mol. The molecule has 6 heteroatoms. The van der Waals surface area contributed by atoms with Gasteiger partial charge in [-0.2, -0.15) is 0 Å². The highest BCUT2D eigenvalue weighted by atomic mass is 32.1. The minimum absolute atomic E-state index is 0.0242. The van der Waals surface area contributed by atoms with E-state index in [1.165, 1.54) is 7.11 Å². The number of rotatable bonds is 3. The van der Waals surface area contributed by atoms with Gasteiger partial charge in [-0.3, -0.25) is 9.69 Å². The first kappa shape index (κ1) is 14.2. The fourth-order valence-corrected chi connectivity index (χ4v) is 2.33. The van der Waals surface area contributed by atoms with Crippen LogP contribution < -0.4 is 5.73 Å². The van der Waals surface area contributed by atoms with Gasteiger partial charge in [0.05, 0.1) is 19.6 Å². The van der Waals surface area contributed by atoms with Gasteiger partial charge in [-0.05, 0) is 26.1 Å². The molecule has 1 rings (SSSR count). The third-order valence-corrected chi connectivity index (χ3v) is 3.39. The van der Waals surface area contributed by atoms with Gasteiger partial charge in [0.1, 0.15) is 0 Å². The van der Waals surface area contributed by atoms with Crippen molar-refractivity contribution >= 4 is 23.3 Å². The van der Waals surface area contributed by atoms with E-state index in [2.05, 4.69) is 18.7 Å². The molecule has 0 spiro atoms. The molecular formula is C11H21N3O2S. The molecule has 1 unspecified atom stereocenters. The van der Waals surface area contributed by atoms with E-state index >= 15 is 0 Å². The number of thiocarbonyl (C=S) groups is 1. The normalized spacial score (nSPS) is 21.6. The van der Waals surface area contributed by atoms with Crippen molar-refractivity contribution in [3.63, 3.8) is 0 Å². The van der Waals surface area contributed by atoms with Crippen LogP contribution in [-0.2, 0) is 9.53 Å². The van der Waals surface area contributed by atoms with E-state index in [1.807, 2.05) is 4.90 Å². The van der Waals surface area contributed by atoms with E-state index in [0.717, 1.165) is 19.6 Å². The van der Waals surface area contributed by atoms with Gasteiger partial charge >= 0.3 is 5.97 Å². The van der Waals surface area contributed by atoms with Gasteiger partial charge in [-0.15, -0.1) is 0 Å². The zero-order valence-corrected chi connectivity index (χ0v) is 11.5. The highest BCUT2D eigenvalue weighted by Crippen LogP contribution is 2.15. The predicted octanol–water partition coefficient (Wildman–Crippen LogP) is 0.188. The third-order valence-electron chi connectivity index (χ3n) is 3.16. The van der Waals surface area contributed by atoms with E-state index in [-0.39, 0.29) is 12.0 Å². The molecule has 1 fully saturated rings. The van der Waals surface area contributed by atoms with Crippen molar-refractivity contribution in [3.8, 4) is 0 Å². The maximum atomic E-state index is 11.4. The summed E-state index contributed by atoms with van der Waals surface area (Å²) in [6.07, 6.45) is 0.330. The number of carbonyl (C=O) groups is 1. The molecule has 1 heterocycles.